The van der Waals surface area contributed by atoms with Crippen molar-refractivity contribution in [3.63, 3.8) is 0 Å². The van der Waals surface area contributed by atoms with Crippen molar-refractivity contribution in [2.45, 2.75) is 89.4 Å². The molecule has 6 atom stereocenters. The Kier molecular flexibility index (Phi) is 9.60. The number of carbonyl (C=O) groups excluding carboxylic acids is 1. The van der Waals surface area contributed by atoms with Gasteiger partial charge >= 0.3 is 6.09 Å². The smallest absolute Gasteiger partial charge is 0.408 e. The van der Waals surface area contributed by atoms with Crippen LogP contribution in [0.25, 0.3) is 0 Å². The van der Waals surface area contributed by atoms with Gasteiger partial charge in [-0.25, -0.2) is 4.79 Å². The van der Waals surface area contributed by atoms with E-state index in [4.69, 9.17) is 28.4 Å². The summed E-state index contributed by atoms with van der Waals surface area (Å²) in [6.07, 6.45) is -3.38. The molecule has 224 valence electrons. The van der Waals surface area contributed by atoms with Crippen LogP contribution in [0, 0.1) is 0 Å². The molecule has 2 heterocycles. The number of hydrogen-bond donors (Lipinski definition) is 1. The summed E-state index contributed by atoms with van der Waals surface area (Å²) in [7, 11) is 0. The normalized spacial score (nSPS) is 27.6. The highest BCUT2D eigenvalue weighted by Gasteiger charge is 2.60. The van der Waals surface area contributed by atoms with Gasteiger partial charge in [0.2, 0.25) is 0 Å². The van der Waals surface area contributed by atoms with Crippen LogP contribution in [-0.4, -0.2) is 48.4 Å². The van der Waals surface area contributed by atoms with E-state index in [1.807, 2.05) is 119 Å². The van der Waals surface area contributed by atoms with Crippen LogP contribution in [0.1, 0.15) is 57.1 Å². The van der Waals surface area contributed by atoms with E-state index in [2.05, 4.69) is 5.32 Å². The molecule has 2 aliphatic rings. The second-order valence-electron chi connectivity index (χ2n) is 11.7. The number of carbonyl (C=O) groups is 1. The molecule has 8 nitrogen and oxygen atoms in total. The van der Waals surface area contributed by atoms with Gasteiger partial charge in [0, 0.05) is 5.56 Å². The van der Waals surface area contributed by atoms with E-state index in [1.165, 1.54) is 0 Å². The largest absolute Gasteiger partial charge is 0.444 e. The number of benzene rings is 3. The van der Waals surface area contributed by atoms with E-state index in [1.54, 1.807) is 0 Å². The Morgan fingerprint density at radius 1 is 0.857 bits per heavy atom. The lowest BCUT2D eigenvalue weighted by atomic mass is 9.80. The molecule has 8 heteroatoms. The van der Waals surface area contributed by atoms with E-state index in [9.17, 15) is 4.79 Å². The summed E-state index contributed by atoms with van der Waals surface area (Å²) in [4.78, 5) is 13.4. The van der Waals surface area contributed by atoms with Gasteiger partial charge in [-0.1, -0.05) is 97.9 Å². The van der Waals surface area contributed by atoms with Crippen molar-refractivity contribution in [1.82, 2.24) is 5.32 Å². The SMILES string of the molecule is CC[C@]1(NC(=O)OC(C)(C)C)[C@@H](OCc2ccccc2)O[C@@H]2COC(c3ccccc3)O[C@H]2[C@@H]1OCc1ccccc1. The van der Waals surface area contributed by atoms with E-state index in [0.717, 1.165) is 16.7 Å². The Hall–Kier alpha value is -3.27. The highest BCUT2D eigenvalue weighted by Crippen LogP contribution is 2.42. The lowest BCUT2D eigenvalue weighted by Crippen LogP contribution is -2.75. The van der Waals surface area contributed by atoms with Crippen molar-refractivity contribution in [3.05, 3.63) is 108 Å². The second-order valence-corrected chi connectivity index (χ2v) is 11.7. The second kappa shape index (κ2) is 13.4. The van der Waals surface area contributed by atoms with Crippen molar-refractivity contribution >= 4 is 6.09 Å². The van der Waals surface area contributed by atoms with Crippen LogP contribution in [0.15, 0.2) is 91.0 Å². The van der Waals surface area contributed by atoms with E-state index in [-0.39, 0.29) is 13.2 Å². The summed E-state index contributed by atoms with van der Waals surface area (Å²) in [6, 6.07) is 29.5. The van der Waals surface area contributed by atoms with Crippen molar-refractivity contribution in [3.8, 4) is 0 Å². The summed E-state index contributed by atoms with van der Waals surface area (Å²) in [6.45, 7) is 8.32. The fourth-order valence-corrected chi connectivity index (χ4v) is 5.44. The number of amides is 1. The Morgan fingerprint density at radius 2 is 1.43 bits per heavy atom. The average Bonchev–Trinajstić information content (AvgIpc) is 2.99. The molecule has 0 spiro atoms. The average molecular weight is 576 g/mol. The van der Waals surface area contributed by atoms with Crippen LogP contribution in [-0.2, 0) is 41.6 Å². The molecule has 1 amide bonds. The molecule has 2 fully saturated rings. The van der Waals surface area contributed by atoms with Crippen LogP contribution < -0.4 is 5.32 Å². The summed E-state index contributed by atoms with van der Waals surface area (Å²) < 4.78 is 38.3. The highest BCUT2D eigenvalue weighted by atomic mass is 16.8. The van der Waals surface area contributed by atoms with E-state index >= 15 is 0 Å². The molecule has 1 N–H and O–H groups in total. The molecule has 3 aromatic carbocycles. The first-order valence-corrected chi connectivity index (χ1v) is 14.6. The van der Waals surface area contributed by atoms with Gasteiger partial charge in [0.15, 0.2) is 12.6 Å². The third-order valence-corrected chi connectivity index (χ3v) is 7.49. The number of rotatable bonds is 9. The molecule has 42 heavy (non-hydrogen) atoms. The molecular formula is C34H41NO7. The Balaban J connectivity index is 1.51. The summed E-state index contributed by atoms with van der Waals surface area (Å²) in [5, 5.41) is 3.14. The molecule has 0 aliphatic carbocycles. The lowest BCUT2D eigenvalue weighted by Gasteiger charge is -2.55. The predicted octanol–water partition coefficient (Wildman–Crippen LogP) is 6.30. The zero-order valence-corrected chi connectivity index (χ0v) is 24.7. The Bertz CT molecular complexity index is 1270. The number of alkyl carbamates (subject to hydrolysis) is 1. The number of nitrogens with one attached hydrogen (secondary N) is 1. The lowest BCUT2D eigenvalue weighted by molar-refractivity contribution is -0.368. The van der Waals surface area contributed by atoms with E-state index < -0.39 is 48.1 Å². The first-order valence-electron chi connectivity index (χ1n) is 14.6. The minimum absolute atomic E-state index is 0.271. The molecule has 2 saturated heterocycles. The van der Waals surface area contributed by atoms with Gasteiger partial charge in [-0.3, -0.25) is 0 Å². The Morgan fingerprint density at radius 3 is 2.00 bits per heavy atom. The number of fused-ring (bicyclic) bond motifs is 1. The van der Waals surface area contributed by atoms with Crippen molar-refractivity contribution in [2.75, 3.05) is 6.61 Å². The van der Waals surface area contributed by atoms with Gasteiger partial charge < -0.3 is 33.7 Å². The van der Waals surface area contributed by atoms with Crippen molar-refractivity contribution in [2.24, 2.45) is 0 Å². The summed E-state index contributed by atoms with van der Waals surface area (Å²) in [5.74, 6) is 0. The maximum absolute atomic E-state index is 13.4. The zero-order chi connectivity index (χ0) is 29.6. The van der Waals surface area contributed by atoms with Gasteiger partial charge in [0.1, 0.15) is 29.5 Å². The number of ether oxygens (including phenoxy) is 6. The Labute approximate surface area is 248 Å². The van der Waals surface area contributed by atoms with Gasteiger partial charge in [-0.15, -0.1) is 0 Å². The fraction of sp³-hybridized carbons (Fsp3) is 0.441. The quantitative estimate of drug-likeness (QED) is 0.321. The summed E-state index contributed by atoms with van der Waals surface area (Å²) in [5.41, 5.74) is 1.02. The fourth-order valence-electron chi connectivity index (χ4n) is 5.44. The molecule has 5 rings (SSSR count). The molecule has 3 aromatic rings. The van der Waals surface area contributed by atoms with Crippen molar-refractivity contribution in [1.29, 1.82) is 0 Å². The molecule has 0 saturated carbocycles. The molecular weight excluding hydrogens is 534 g/mol. The summed E-state index contributed by atoms with van der Waals surface area (Å²) >= 11 is 0. The third-order valence-electron chi connectivity index (χ3n) is 7.49. The van der Waals surface area contributed by atoms with E-state index in [0.29, 0.717) is 13.0 Å². The molecule has 2 aliphatic heterocycles. The van der Waals surface area contributed by atoms with Crippen LogP contribution in [0.3, 0.4) is 0 Å². The first kappa shape index (κ1) is 30.2. The van der Waals surface area contributed by atoms with Gasteiger partial charge in [-0.2, -0.15) is 0 Å². The highest BCUT2D eigenvalue weighted by molar-refractivity contribution is 5.69. The van der Waals surface area contributed by atoms with Gasteiger partial charge in [0.05, 0.1) is 19.8 Å². The topological polar surface area (TPSA) is 84.5 Å². The first-order chi connectivity index (χ1) is 20.3. The van der Waals surface area contributed by atoms with Crippen LogP contribution in [0.2, 0.25) is 0 Å². The molecule has 0 bridgehead atoms. The number of hydrogen-bond acceptors (Lipinski definition) is 7. The standard InChI is InChI=1S/C34H41NO7/c1-5-34(35-32(36)42-33(2,3)4)29(37-21-24-15-9-6-10-16-24)28-27(23-38-30(41-28)26-19-13-8-14-20-26)40-31(34)39-22-25-17-11-7-12-18-25/h6-20,27-31H,5,21-23H2,1-4H3,(H,35,36)/t27-,28-,29+,30?,31+,34-/m1/s1. The third kappa shape index (κ3) is 7.19. The zero-order valence-electron chi connectivity index (χ0n) is 24.7. The van der Waals surface area contributed by atoms with Crippen LogP contribution in [0.4, 0.5) is 4.79 Å². The maximum atomic E-state index is 13.4. The predicted molar refractivity (Wildman–Crippen MR) is 157 cm³/mol. The van der Waals surface area contributed by atoms with Crippen LogP contribution in [0.5, 0.6) is 0 Å². The maximum Gasteiger partial charge on any atom is 0.408 e. The van der Waals surface area contributed by atoms with Crippen molar-refractivity contribution < 1.29 is 33.2 Å². The van der Waals surface area contributed by atoms with Gasteiger partial charge in [-0.05, 0) is 38.3 Å². The molecule has 1 unspecified atom stereocenters. The molecule has 0 radical (unpaired) electrons. The van der Waals surface area contributed by atoms with Crippen LogP contribution >= 0.6 is 0 Å². The minimum atomic E-state index is -1.15. The van der Waals surface area contributed by atoms with Gasteiger partial charge in [0.25, 0.3) is 0 Å². The minimum Gasteiger partial charge on any atom is -0.444 e. The monoisotopic (exact) mass is 575 g/mol. The molecule has 0 aromatic heterocycles.